The van der Waals surface area contributed by atoms with Gasteiger partial charge < -0.3 is 11.1 Å². The minimum atomic E-state index is 0.498. The van der Waals surface area contributed by atoms with E-state index in [4.69, 9.17) is 5.73 Å². The van der Waals surface area contributed by atoms with Gasteiger partial charge >= 0.3 is 0 Å². The Morgan fingerprint density at radius 3 is 2.92 bits per heavy atom. The molecule has 0 aromatic heterocycles. The Morgan fingerprint density at radius 2 is 2.33 bits per heavy atom. The van der Waals surface area contributed by atoms with E-state index in [-0.39, 0.29) is 0 Å². The number of nitrogens with two attached hydrogens (primary N) is 1. The molecule has 12 heavy (non-hydrogen) atoms. The first-order valence-electron chi connectivity index (χ1n) is 5.12. The van der Waals surface area contributed by atoms with Crippen LogP contribution in [0.25, 0.3) is 0 Å². The molecule has 1 heterocycles. The summed E-state index contributed by atoms with van der Waals surface area (Å²) in [6.45, 7) is 6.72. The molecule has 0 unspecified atom stereocenters. The fourth-order valence-corrected chi connectivity index (χ4v) is 2.12. The Balaban J connectivity index is 2.42. The van der Waals surface area contributed by atoms with Crippen molar-refractivity contribution >= 4 is 0 Å². The van der Waals surface area contributed by atoms with Gasteiger partial charge in [-0.25, -0.2) is 0 Å². The molecule has 0 aromatic carbocycles. The van der Waals surface area contributed by atoms with Gasteiger partial charge in [0.2, 0.25) is 0 Å². The molecule has 0 aromatic rings. The summed E-state index contributed by atoms with van der Waals surface area (Å²) in [5, 5.41) is 3.54. The quantitative estimate of drug-likeness (QED) is 0.673. The molecule has 2 atom stereocenters. The highest BCUT2D eigenvalue weighted by atomic mass is 14.9. The van der Waals surface area contributed by atoms with Gasteiger partial charge in [0.25, 0.3) is 0 Å². The second kappa shape index (κ2) is 4.24. The number of hydrogen-bond donors (Lipinski definition) is 2. The van der Waals surface area contributed by atoms with E-state index >= 15 is 0 Å². The molecule has 72 valence electrons. The monoisotopic (exact) mass is 170 g/mol. The highest BCUT2D eigenvalue weighted by Gasteiger charge is 2.32. The van der Waals surface area contributed by atoms with Crippen molar-refractivity contribution in [2.24, 2.45) is 11.1 Å². The summed E-state index contributed by atoms with van der Waals surface area (Å²) in [4.78, 5) is 0. The van der Waals surface area contributed by atoms with E-state index in [1.54, 1.807) is 0 Å². The zero-order valence-corrected chi connectivity index (χ0v) is 8.40. The first kappa shape index (κ1) is 10.0. The Hall–Kier alpha value is -0.0800. The van der Waals surface area contributed by atoms with Crippen LogP contribution in [-0.2, 0) is 0 Å². The standard InChI is InChI=1S/C10H22N2/c1-9-10(2,5-3-7-11)6-4-8-12-9/h9,12H,3-8,11H2,1-2H3/t9-,10-/m0/s1. The molecular formula is C10H22N2. The predicted octanol–water partition coefficient (Wildman–Crippen LogP) is 1.50. The lowest BCUT2D eigenvalue weighted by Gasteiger charge is -2.40. The summed E-state index contributed by atoms with van der Waals surface area (Å²) < 4.78 is 0. The van der Waals surface area contributed by atoms with Gasteiger partial charge in [0.1, 0.15) is 0 Å². The Kier molecular flexibility index (Phi) is 3.53. The Morgan fingerprint density at radius 1 is 1.58 bits per heavy atom. The molecule has 2 heteroatoms. The Bertz CT molecular complexity index is 136. The molecule has 3 N–H and O–H groups in total. The predicted molar refractivity (Wildman–Crippen MR) is 53.1 cm³/mol. The topological polar surface area (TPSA) is 38.0 Å². The van der Waals surface area contributed by atoms with Crippen LogP contribution in [0.3, 0.4) is 0 Å². The second-order valence-corrected chi connectivity index (χ2v) is 4.33. The van der Waals surface area contributed by atoms with E-state index in [1.807, 2.05) is 0 Å². The lowest BCUT2D eigenvalue weighted by molar-refractivity contribution is 0.152. The maximum absolute atomic E-state index is 5.53. The first-order chi connectivity index (χ1) is 5.69. The molecule has 0 spiro atoms. The van der Waals surface area contributed by atoms with Gasteiger partial charge in [-0.15, -0.1) is 0 Å². The van der Waals surface area contributed by atoms with Crippen molar-refractivity contribution in [3.63, 3.8) is 0 Å². The zero-order chi connectivity index (χ0) is 9.03. The van der Waals surface area contributed by atoms with Crippen LogP contribution in [0.1, 0.15) is 39.5 Å². The van der Waals surface area contributed by atoms with Crippen LogP contribution < -0.4 is 11.1 Å². The van der Waals surface area contributed by atoms with Crippen LogP contribution in [0.5, 0.6) is 0 Å². The van der Waals surface area contributed by atoms with Gasteiger partial charge in [-0.2, -0.15) is 0 Å². The third kappa shape index (κ3) is 2.20. The Labute approximate surface area is 75.9 Å². The molecule has 0 aliphatic carbocycles. The van der Waals surface area contributed by atoms with Crippen molar-refractivity contribution in [3.8, 4) is 0 Å². The maximum Gasteiger partial charge on any atom is 0.00925 e. The molecule has 1 fully saturated rings. The van der Waals surface area contributed by atoms with Crippen molar-refractivity contribution in [3.05, 3.63) is 0 Å². The minimum absolute atomic E-state index is 0.498. The number of rotatable bonds is 3. The molecular weight excluding hydrogens is 148 g/mol. The zero-order valence-electron chi connectivity index (χ0n) is 8.40. The van der Waals surface area contributed by atoms with Gasteiger partial charge in [-0.1, -0.05) is 6.92 Å². The average molecular weight is 170 g/mol. The molecule has 1 aliphatic rings. The lowest BCUT2D eigenvalue weighted by atomic mass is 9.73. The van der Waals surface area contributed by atoms with Gasteiger partial charge in [0.15, 0.2) is 0 Å². The largest absolute Gasteiger partial charge is 0.330 e. The van der Waals surface area contributed by atoms with Crippen LogP contribution >= 0.6 is 0 Å². The van der Waals surface area contributed by atoms with Crippen molar-refractivity contribution in [2.45, 2.75) is 45.6 Å². The molecule has 1 rings (SSSR count). The first-order valence-corrected chi connectivity index (χ1v) is 5.12. The van der Waals surface area contributed by atoms with Crippen molar-refractivity contribution in [1.29, 1.82) is 0 Å². The van der Waals surface area contributed by atoms with E-state index in [2.05, 4.69) is 19.2 Å². The summed E-state index contributed by atoms with van der Waals surface area (Å²) in [5.41, 5.74) is 6.03. The molecule has 0 saturated carbocycles. The van der Waals surface area contributed by atoms with Crippen LogP contribution in [0, 0.1) is 5.41 Å². The molecule has 1 aliphatic heterocycles. The highest BCUT2D eigenvalue weighted by molar-refractivity contribution is 4.88. The fourth-order valence-electron chi connectivity index (χ4n) is 2.12. The third-order valence-electron chi connectivity index (χ3n) is 3.37. The normalized spacial score (nSPS) is 36.8. The molecule has 0 radical (unpaired) electrons. The average Bonchev–Trinajstić information content (AvgIpc) is 2.07. The summed E-state index contributed by atoms with van der Waals surface area (Å²) in [6, 6.07) is 0.665. The van der Waals surface area contributed by atoms with E-state index in [0.717, 1.165) is 6.54 Å². The van der Waals surface area contributed by atoms with Crippen LogP contribution in [0.15, 0.2) is 0 Å². The van der Waals surface area contributed by atoms with Gasteiger partial charge in [0, 0.05) is 6.04 Å². The fraction of sp³-hybridized carbons (Fsp3) is 1.00. The lowest BCUT2D eigenvalue weighted by Crippen LogP contribution is -2.46. The maximum atomic E-state index is 5.53. The van der Waals surface area contributed by atoms with Gasteiger partial charge in [0.05, 0.1) is 0 Å². The SMILES string of the molecule is C[C@@H]1NCCC[C@]1(C)CCCN. The van der Waals surface area contributed by atoms with Gasteiger partial charge in [-0.05, 0) is 51.1 Å². The van der Waals surface area contributed by atoms with Crippen LogP contribution in [-0.4, -0.2) is 19.1 Å². The number of piperidine rings is 1. The molecule has 0 bridgehead atoms. The van der Waals surface area contributed by atoms with Crippen molar-refractivity contribution in [1.82, 2.24) is 5.32 Å². The van der Waals surface area contributed by atoms with E-state index in [0.29, 0.717) is 11.5 Å². The second-order valence-electron chi connectivity index (χ2n) is 4.33. The van der Waals surface area contributed by atoms with Crippen molar-refractivity contribution < 1.29 is 0 Å². The van der Waals surface area contributed by atoms with E-state index in [1.165, 1.54) is 32.2 Å². The van der Waals surface area contributed by atoms with Crippen LogP contribution in [0.2, 0.25) is 0 Å². The van der Waals surface area contributed by atoms with E-state index in [9.17, 15) is 0 Å². The molecule has 2 nitrogen and oxygen atoms in total. The highest BCUT2D eigenvalue weighted by Crippen LogP contribution is 2.35. The van der Waals surface area contributed by atoms with E-state index < -0.39 is 0 Å². The summed E-state index contributed by atoms with van der Waals surface area (Å²) in [7, 11) is 0. The van der Waals surface area contributed by atoms with Crippen molar-refractivity contribution in [2.75, 3.05) is 13.1 Å². The summed E-state index contributed by atoms with van der Waals surface area (Å²) in [6.07, 6.45) is 5.13. The smallest absolute Gasteiger partial charge is 0.00925 e. The minimum Gasteiger partial charge on any atom is -0.330 e. The number of nitrogens with one attached hydrogen (secondary N) is 1. The summed E-state index contributed by atoms with van der Waals surface area (Å²) >= 11 is 0. The molecule has 1 saturated heterocycles. The van der Waals surface area contributed by atoms with Gasteiger partial charge in [-0.3, -0.25) is 0 Å². The molecule has 0 amide bonds. The number of hydrogen-bond acceptors (Lipinski definition) is 2. The summed E-state index contributed by atoms with van der Waals surface area (Å²) in [5.74, 6) is 0. The van der Waals surface area contributed by atoms with Crippen LogP contribution in [0.4, 0.5) is 0 Å². The third-order valence-corrected chi connectivity index (χ3v) is 3.37.